The standard InChI is InChI=1S/C15H27N5/c1-4-5-13-14(19-16)17-10-18-15(13)20-8-6-12(7-9-20)11(2)3/h10-12H,4-9,16H2,1-3H3,(H,17,18,19). The van der Waals surface area contributed by atoms with Gasteiger partial charge in [-0.05, 0) is 31.1 Å². The molecule has 1 saturated heterocycles. The summed E-state index contributed by atoms with van der Waals surface area (Å²) in [6.45, 7) is 8.98. The fourth-order valence-electron chi connectivity index (χ4n) is 3.06. The second kappa shape index (κ2) is 6.88. The van der Waals surface area contributed by atoms with Gasteiger partial charge in [-0.15, -0.1) is 0 Å². The van der Waals surface area contributed by atoms with Crippen molar-refractivity contribution in [2.75, 3.05) is 23.4 Å². The highest BCUT2D eigenvalue weighted by atomic mass is 15.3. The molecule has 0 aromatic carbocycles. The first-order chi connectivity index (χ1) is 9.67. The molecule has 0 unspecified atom stereocenters. The van der Waals surface area contributed by atoms with Gasteiger partial charge in [0.2, 0.25) is 0 Å². The fourth-order valence-corrected chi connectivity index (χ4v) is 3.06. The van der Waals surface area contributed by atoms with Crippen molar-refractivity contribution in [3.63, 3.8) is 0 Å². The first-order valence-corrected chi connectivity index (χ1v) is 7.72. The molecule has 0 aliphatic carbocycles. The van der Waals surface area contributed by atoms with Crippen molar-refractivity contribution < 1.29 is 0 Å². The van der Waals surface area contributed by atoms with Crippen LogP contribution in [0.15, 0.2) is 6.33 Å². The highest BCUT2D eigenvalue weighted by molar-refractivity contribution is 5.58. The zero-order valence-electron chi connectivity index (χ0n) is 12.9. The van der Waals surface area contributed by atoms with E-state index in [1.165, 1.54) is 12.8 Å². The molecule has 2 rings (SSSR count). The van der Waals surface area contributed by atoms with Crippen molar-refractivity contribution in [2.24, 2.45) is 17.7 Å². The predicted molar refractivity (Wildman–Crippen MR) is 83.6 cm³/mol. The molecule has 0 atom stereocenters. The van der Waals surface area contributed by atoms with Gasteiger partial charge in [-0.1, -0.05) is 27.2 Å². The van der Waals surface area contributed by atoms with Crippen molar-refractivity contribution in [1.29, 1.82) is 0 Å². The molecular weight excluding hydrogens is 250 g/mol. The third-order valence-corrected chi connectivity index (χ3v) is 4.34. The third kappa shape index (κ3) is 3.20. The molecule has 1 aromatic rings. The Morgan fingerprint density at radius 1 is 1.35 bits per heavy atom. The first-order valence-electron chi connectivity index (χ1n) is 7.72. The Morgan fingerprint density at radius 2 is 2.05 bits per heavy atom. The summed E-state index contributed by atoms with van der Waals surface area (Å²) in [4.78, 5) is 11.2. The number of nitrogens with zero attached hydrogens (tertiary/aromatic N) is 3. The monoisotopic (exact) mass is 277 g/mol. The van der Waals surface area contributed by atoms with Crippen LogP contribution < -0.4 is 16.2 Å². The number of hydrazine groups is 1. The quantitative estimate of drug-likeness (QED) is 0.639. The average molecular weight is 277 g/mol. The van der Waals surface area contributed by atoms with Gasteiger partial charge in [0, 0.05) is 18.7 Å². The van der Waals surface area contributed by atoms with Gasteiger partial charge < -0.3 is 10.3 Å². The lowest BCUT2D eigenvalue weighted by Gasteiger charge is -2.35. The lowest BCUT2D eigenvalue weighted by Crippen LogP contribution is -2.36. The minimum atomic E-state index is 0.767. The van der Waals surface area contributed by atoms with Crippen LogP contribution in [0.3, 0.4) is 0 Å². The summed E-state index contributed by atoms with van der Waals surface area (Å²) in [6.07, 6.45) is 6.13. The Balaban J connectivity index is 2.16. The molecular formula is C15H27N5. The molecule has 0 spiro atoms. The topological polar surface area (TPSA) is 67.1 Å². The SMILES string of the molecule is CCCc1c(NN)ncnc1N1CCC(C(C)C)CC1. The van der Waals surface area contributed by atoms with E-state index >= 15 is 0 Å². The molecule has 2 heterocycles. The molecule has 5 nitrogen and oxygen atoms in total. The average Bonchev–Trinajstić information content (AvgIpc) is 2.48. The molecule has 1 aliphatic heterocycles. The Labute approximate surface area is 121 Å². The van der Waals surface area contributed by atoms with Crippen LogP contribution in [-0.2, 0) is 6.42 Å². The van der Waals surface area contributed by atoms with E-state index < -0.39 is 0 Å². The van der Waals surface area contributed by atoms with Crippen LogP contribution in [0.1, 0.15) is 45.6 Å². The minimum Gasteiger partial charge on any atom is -0.356 e. The summed E-state index contributed by atoms with van der Waals surface area (Å²) >= 11 is 0. The summed E-state index contributed by atoms with van der Waals surface area (Å²) in [5.74, 6) is 9.03. The van der Waals surface area contributed by atoms with E-state index in [0.717, 1.165) is 55.0 Å². The Hall–Kier alpha value is -1.36. The third-order valence-electron chi connectivity index (χ3n) is 4.34. The van der Waals surface area contributed by atoms with E-state index in [4.69, 9.17) is 5.84 Å². The zero-order valence-corrected chi connectivity index (χ0v) is 12.9. The van der Waals surface area contributed by atoms with E-state index in [1.807, 2.05) is 0 Å². The van der Waals surface area contributed by atoms with Gasteiger partial charge in [0.25, 0.3) is 0 Å². The summed E-state index contributed by atoms with van der Waals surface area (Å²) in [7, 11) is 0. The van der Waals surface area contributed by atoms with Crippen molar-refractivity contribution >= 4 is 11.6 Å². The van der Waals surface area contributed by atoms with Crippen LogP contribution >= 0.6 is 0 Å². The second-order valence-electron chi connectivity index (χ2n) is 5.99. The van der Waals surface area contributed by atoms with Crippen molar-refractivity contribution in [2.45, 2.75) is 46.5 Å². The van der Waals surface area contributed by atoms with Gasteiger partial charge in [0.1, 0.15) is 18.0 Å². The van der Waals surface area contributed by atoms with Gasteiger partial charge in [0.15, 0.2) is 0 Å². The van der Waals surface area contributed by atoms with Gasteiger partial charge in [-0.2, -0.15) is 0 Å². The lowest BCUT2D eigenvalue weighted by molar-refractivity contribution is 0.310. The number of nitrogens with one attached hydrogen (secondary N) is 1. The number of hydrogen-bond acceptors (Lipinski definition) is 5. The summed E-state index contributed by atoms with van der Waals surface area (Å²) in [5, 5.41) is 0. The largest absolute Gasteiger partial charge is 0.356 e. The highest BCUT2D eigenvalue weighted by Crippen LogP contribution is 2.30. The van der Waals surface area contributed by atoms with Crippen molar-refractivity contribution in [1.82, 2.24) is 9.97 Å². The lowest BCUT2D eigenvalue weighted by atomic mass is 9.86. The van der Waals surface area contributed by atoms with E-state index in [-0.39, 0.29) is 0 Å². The maximum absolute atomic E-state index is 5.58. The fraction of sp³-hybridized carbons (Fsp3) is 0.733. The van der Waals surface area contributed by atoms with E-state index in [9.17, 15) is 0 Å². The Kier molecular flexibility index (Phi) is 5.17. The number of nitrogens with two attached hydrogens (primary N) is 1. The molecule has 0 amide bonds. The summed E-state index contributed by atoms with van der Waals surface area (Å²) < 4.78 is 0. The number of rotatable bonds is 5. The van der Waals surface area contributed by atoms with Crippen molar-refractivity contribution in [3.05, 3.63) is 11.9 Å². The maximum Gasteiger partial charge on any atom is 0.148 e. The molecule has 1 fully saturated rings. The predicted octanol–water partition coefficient (Wildman–Crippen LogP) is 2.59. The van der Waals surface area contributed by atoms with Crippen LogP contribution in [0.4, 0.5) is 11.6 Å². The molecule has 1 aliphatic rings. The van der Waals surface area contributed by atoms with Gasteiger partial charge >= 0.3 is 0 Å². The molecule has 1 aromatic heterocycles. The number of anilines is 2. The highest BCUT2D eigenvalue weighted by Gasteiger charge is 2.24. The molecule has 3 N–H and O–H groups in total. The van der Waals surface area contributed by atoms with Crippen LogP contribution in [0.2, 0.25) is 0 Å². The number of aromatic nitrogens is 2. The molecule has 0 bridgehead atoms. The Morgan fingerprint density at radius 3 is 2.60 bits per heavy atom. The van der Waals surface area contributed by atoms with Crippen LogP contribution in [0.5, 0.6) is 0 Å². The minimum absolute atomic E-state index is 0.767. The van der Waals surface area contributed by atoms with E-state index in [2.05, 4.69) is 41.1 Å². The number of hydrogen-bond donors (Lipinski definition) is 2. The zero-order chi connectivity index (χ0) is 14.5. The molecule has 0 saturated carbocycles. The summed E-state index contributed by atoms with van der Waals surface area (Å²) in [6, 6.07) is 0. The number of piperidine rings is 1. The molecule has 20 heavy (non-hydrogen) atoms. The summed E-state index contributed by atoms with van der Waals surface area (Å²) in [5.41, 5.74) is 3.86. The van der Waals surface area contributed by atoms with Crippen LogP contribution in [0, 0.1) is 11.8 Å². The van der Waals surface area contributed by atoms with E-state index in [1.54, 1.807) is 6.33 Å². The van der Waals surface area contributed by atoms with Gasteiger partial charge in [-0.3, -0.25) is 0 Å². The molecule has 0 radical (unpaired) electrons. The molecule has 5 heteroatoms. The van der Waals surface area contributed by atoms with Gasteiger partial charge in [0.05, 0.1) is 0 Å². The number of nitrogen functional groups attached to an aromatic ring is 1. The van der Waals surface area contributed by atoms with Crippen LogP contribution in [0.25, 0.3) is 0 Å². The molecule has 112 valence electrons. The van der Waals surface area contributed by atoms with Crippen LogP contribution in [-0.4, -0.2) is 23.1 Å². The normalized spacial score (nSPS) is 16.8. The maximum atomic E-state index is 5.58. The smallest absolute Gasteiger partial charge is 0.148 e. The van der Waals surface area contributed by atoms with Crippen molar-refractivity contribution in [3.8, 4) is 0 Å². The first kappa shape index (κ1) is 15.0. The van der Waals surface area contributed by atoms with E-state index in [0.29, 0.717) is 0 Å². The second-order valence-corrected chi connectivity index (χ2v) is 5.99. The van der Waals surface area contributed by atoms with Gasteiger partial charge in [-0.25, -0.2) is 15.8 Å². The Bertz CT molecular complexity index is 424.